The Balaban J connectivity index is 2.23. The summed E-state index contributed by atoms with van der Waals surface area (Å²) in [6.07, 6.45) is 0. The van der Waals surface area contributed by atoms with Crippen molar-refractivity contribution in [2.45, 2.75) is 26.4 Å². The minimum Gasteiger partial charge on any atom is -0.497 e. The molecule has 0 saturated carbocycles. The third kappa shape index (κ3) is 4.41. The van der Waals surface area contributed by atoms with Gasteiger partial charge in [0.2, 0.25) is 5.75 Å². The van der Waals surface area contributed by atoms with Crippen molar-refractivity contribution in [1.29, 1.82) is 0 Å². The SMILES string of the molecule is COc1ccc(C(NCc2ccc(OC)c(OC)c2OC)C(C)C)cc1. The molecule has 0 heterocycles. The normalized spacial score (nSPS) is 12.0. The van der Waals surface area contributed by atoms with Gasteiger partial charge in [-0.1, -0.05) is 32.0 Å². The van der Waals surface area contributed by atoms with Crippen LogP contribution < -0.4 is 24.3 Å². The van der Waals surface area contributed by atoms with Gasteiger partial charge in [-0.3, -0.25) is 0 Å². The van der Waals surface area contributed by atoms with Crippen LogP contribution in [0.2, 0.25) is 0 Å². The summed E-state index contributed by atoms with van der Waals surface area (Å²) in [5, 5.41) is 3.64. The van der Waals surface area contributed by atoms with Crippen LogP contribution in [0, 0.1) is 5.92 Å². The summed E-state index contributed by atoms with van der Waals surface area (Å²) < 4.78 is 21.7. The van der Waals surface area contributed by atoms with Crippen LogP contribution in [0.4, 0.5) is 0 Å². The summed E-state index contributed by atoms with van der Waals surface area (Å²) in [6.45, 7) is 5.06. The lowest BCUT2D eigenvalue weighted by Gasteiger charge is -2.24. The van der Waals surface area contributed by atoms with E-state index in [4.69, 9.17) is 18.9 Å². The van der Waals surface area contributed by atoms with Crippen LogP contribution in [0.1, 0.15) is 31.0 Å². The van der Waals surface area contributed by atoms with Crippen LogP contribution in [-0.4, -0.2) is 28.4 Å². The Bertz CT molecular complexity index is 698. The molecule has 0 amide bonds. The van der Waals surface area contributed by atoms with E-state index in [1.165, 1.54) is 5.56 Å². The number of nitrogens with one attached hydrogen (secondary N) is 1. The summed E-state index contributed by atoms with van der Waals surface area (Å²) in [7, 11) is 6.56. The fraction of sp³-hybridized carbons (Fsp3) is 0.429. The smallest absolute Gasteiger partial charge is 0.203 e. The Kier molecular flexibility index (Phi) is 7.16. The average molecular weight is 359 g/mol. The third-order valence-electron chi connectivity index (χ3n) is 4.44. The van der Waals surface area contributed by atoms with Crippen LogP contribution in [-0.2, 0) is 6.54 Å². The molecule has 0 aliphatic carbocycles. The largest absolute Gasteiger partial charge is 0.497 e. The highest BCUT2D eigenvalue weighted by atomic mass is 16.5. The van der Waals surface area contributed by atoms with Crippen molar-refractivity contribution in [3.63, 3.8) is 0 Å². The molecule has 0 radical (unpaired) electrons. The van der Waals surface area contributed by atoms with Crippen LogP contribution in [0.3, 0.4) is 0 Å². The standard InChI is InChI=1S/C21H29NO4/c1-14(2)19(15-7-10-17(23-3)11-8-15)22-13-16-9-12-18(24-4)21(26-6)20(16)25-5/h7-12,14,19,22H,13H2,1-6H3. The van der Waals surface area contributed by atoms with E-state index >= 15 is 0 Å². The zero-order chi connectivity index (χ0) is 19.1. The zero-order valence-corrected chi connectivity index (χ0v) is 16.5. The van der Waals surface area contributed by atoms with E-state index in [0.717, 1.165) is 11.3 Å². The maximum Gasteiger partial charge on any atom is 0.203 e. The van der Waals surface area contributed by atoms with Gasteiger partial charge in [-0.15, -0.1) is 0 Å². The second-order valence-electron chi connectivity index (χ2n) is 6.37. The molecule has 0 spiro atoms. The fourth-order valence-corrected chi connectivity index (χ4v) is 3.07. The van der Waals surface area contributed by atoms with Crippen molar-refractivity contribution in [2.75, 3.05) is 28.4 Å². The van der Waals surface area contributed by atoms with Crippen LogP contribution in [0.25, 0.3) is 0 Å². The maximum absolute atomic E-state index is 5.58. The van der Waals surface area contributed by atoms with E-state index in [2.05, 4.69) is 31.3 Å². The molecule has 142 valence electrons. The highest BCUT2D eigenvalue weighted by Crippen LogP contribution is 2.40. The lowest BCUT2D eigenvalue weighted by atomic mass is 9.95. The average Bonchev–Trinajstić information content (AvgIpc) is 2.67. The molecule has 2 rings (SSSR count). The number of hydrogen-bond acceptors (Lipinski definition) is 5. The minimum atomic E-state index is 0.207. The molecular weight excluding hydrogens is 330 g/mol. The van der Waals surface area contributed by atoms with Crippen molar-refractivity contribution < 1.29 is 18.9 Å². The maximum atomic E-state index is 5.58. The number of benzene rings is 2. The van der Waals surface area contributed by atoms with Crippen molar-refractivity contribution in [1.82, 2.24) is 5.32 Å². The van der Waals surface area contributed by atoms with Gasteiger partial charge >= 0.3 is 0 Å². The molecule has 1 N–H and O–H groups in total. The summed E-state index contributed by atoms with van der Waals surface area (Å²) in [6, 6.07) is 12.3. The Hall–Kier alpha value is -2.40. The van der Waals surface area contributed by atoms with Crippen LogP contribution in [0.5, 0.6) is 23.0 Å². The van der Waals surface area contributed by atoms with E-state index in [0.29, 0.717) is 29.7 Å². The van der Waals surface area contributed by atoms with E-state index < -0.39 is 0 Å². The van der Waals surface area contributed by atoms with Crippen LogP contribution in [0.15, 0.2) is 36.4 Å². The van der Waals surface area contributed by atoms with E-state index in [1.54, 1.807) is 28.4 Å². The zero-order valence-electron chi connectivity index (χ0n) is 16.5. The second-order valence-corrected chi connectivity index (χ2v) is 6.37. The summed E-state index contributed by atoms with van der Waals surface area (Å²) in [5.41, 5.74) is 2.24. The molecule has 0 bridgehead atoms. The highest BCUT2D eigenvalue weighted by Gasteiger charge is 2.19. The van der Waals surface area contributed by atoms with E-state index in [1.807, 2.05) is 24.3 Å². The number of ether oxygens (including phenoxy) is 4. The second kappa shape index (κ2) is 9.34. The first-order valence-electron chi connectivity index (χ1n) is 8.70. The molecule has 2 aromatic carbocycles. The van der Waals surface area contributed by atoms with Gasteiger partial charge in [0.05, 0.1) is 28.4 Å². The summed E-state index contributed by atoms with van der Waals surface area (Å²) in [4.78, 5) is 0. The van der Waals surface area contributed by atoms with E-state index in [-0.39, 0.29) is 6.04 Å². The molecule has 0 aromatic heterocycles. The van der Waals surface area contributed by atoms with Gasteiger partial charge in [0.25, 0.3) is 0 Å². The van der Waals surface area contributed by atoms with Crippen molar-refractivity contribution in [2.24, 2.45) is 5.92 Å². The molecule has 0 aliphatic rings. The first-order chi connectivity index (χ1) is 12.5. The monoisotopic (exact) mass is 359 g/mol. The lowest BCUT2D eigenvalue weighted by molar-refractivity contribution is 0.320. The van der Waals surface area contributed by atoms with Gasteiger partial charge < -0.3 is 24.3 Å². The lowest BCUT2D eigenvalue weighted by Crippen LogP contribution is -2.25. The quantitative estimate of drug-likeness (QED) is 0.727. The van der Waals surface area contributed by atoms with Crippen molar-refractivity contribution in [3.05, 3.63) is 47.5 Å². The molecular formula is C21H29NO4. The van der Waals surface area contributed by atoms with Gasteiger partial charge in [0.1, 0.15) is 5.75 Å². The number of methoxy groups -OCH3 is 4. The topological polar surface area (TPSA) is 49.0 Å². The van der Waals surface area contributed by atoms with Gasteiger partial charge in [-0.25, -0.2) is 0 Å². The number of hydrogen-bond donors (Lipinski definition) is 1. The Morgan fingerprint density at radius 3 is 1.92 bits per heavy atom. The molecule has 26 heavy (non-hydrogen) atoms. The van der Waals surface area contributed by atoms with Gasteiger partial charge in [-0.2, -0.15) is 0 Å². The predicted octanol–water partition coefficient (Wildman–Crippen LogP) is 4.21. The minimum absolute atomic E-state index is 0.207. The van der Waals surface area contributed by atoms with Crippen molar-refractivity contribution >= 4 is 0 Å². The Morgan fingerprint density at radius 2 is 1.42 bits per heavy atom. The van der Waals surface area contributed by atoms with Crippen molar-refractivity contribution in [3.8, 4) is 23.0 Å². The molecule has 1 atom stereocenters. The molecule has 5 heteroatoms. The first kappa shape index (κ1) is 19.9. The van der Waals surface area contributed by atoms with Gasteiger partial charge in [0.15, 0.2) is 11.5 Å². The summed E-state index contributed by atoms with van der Waals surface area (Å²) in [5.74, 6) is 3.24. The summed E-state index contributed by atoms with van der Waals surface area (Å²) >= 11 is 0. The Labute approximate surface area is 156 Å². The highest BCUT2D eigenvalue weighted by molar-refractivity contribution is 5.55. The number of rotatable bonds is 9. The third-order valence-corrected chi connectivity index (χ3v) is 4.44. The van der Waals surface area contributed by atoms with Gasteiger partial charge in [0, 0.05) is 18.2 Å². The molecule has 0 saturated heterocycles. The molecule has 0 aliphatic heterocycles. The van der Waals surface area contributed by atoms with Crippen LogP contribution >= 0.6 is 0 Å². The molecule has 1 unspecified atom stereocenters. The predicted molar refractivity (Wildman–Crippen MR) is 104 cm³/mol. The fourth-order valence-electron chi connectivity index (χ4n) is 3.07. The first-order valence-corrected chi connectivity index (χ1v) is 8.70. The van der Waals surface area contributed by atoms with Gasteiger partial charge in [-0.05, 0) is 29.7 Å². The van der Waals surface area contributed by atoms with E-state index in [9.17, 15) is 0 Å². The molecule has 2 aromatic rings. The molecule has 0 fully saturated rings. The Morgan fingerprint density at radius 1 is 0.769 bits per heavy atom. The molecule has 5 nitrogen and oxygen atoms in total.